The first-order chi connectivity index (χ1) is 11.0. The number of nitro groups is 1. The molecule has 0 spiro atoms. The summed E-state index contributed by atoms with van der Waals surface area (Å²) >= 11 is 0. The number of nitrogens with zero attached hydrogens (tertiary/aromatic N) is 2. The smallest absolute Gasteiger partial charge is 0.276 e. The number of carbonyl (C=O) groups is 1. The lowest BCUT2D eigenvalue weighted by molar-refractivity contribution is -0.385. The minimum atomic E-state index is -0.454. The van der Waals surface area contributed by atoms with Crippen LogP contribution in [0.25, 0.3) is 6.08 Å². The van der Waals surface area contributed by atoms with Crippen molar-refractivity contribution in [2.45, 2.75) is 31.7 Å². The molecule has 1 aliphatic carbocycles. The van der Waals surface area contributed by atoms with Crippen molar-refractivity contribution in [3.63, 3.8) is 0 Å². The molecule has 6 heteroatoms. The molecule has 0 atom stereocenters. The molecule has 0 aromatic heterocycles. The number of benzene rings is 1. The minimum Gasteiger partial charge on any atom is -0.396 e. The molecule has 2 rings (SSSR count). The van der Waals surface area contributed by atoms with Crippen molar-refractivity contribution in [2.24, 2.45) is 5.92 Å². The van der Waals surface area contributed by atoms with E-state index in [0.29, 0.717) is 11.5 Å². The maximum absolute atomic E-state index is 12.3. The summed E-state index contributed by atoms with van der Waals surface area (Å²) in [5, 5.41) is 20.1. The fourth-order valence-electron chi connectivity index (χ4n) is 2.97. The number of hydrogen-bond acceptors (Lipinski definition) is 4. The molecule has 0 aliphatic heterocycles. The SMILES string of the molecule is CN(C(=O)/C=C/c1ccccc1[N+](=O)[O-])C1CCC(CO)CC1. The number of amides is 1. The summed E-state index contributed by atoms with van der Waals surface area (Å²) in [6, 6.07) is 6.51. The van der Waals surface area contributed by atoms with E-state index in [4.69, 9.17) is 5.11 Å². The van der Waals surface area contributed by atoms with Gasteiger partial charge in [0, 0.05) is 31.8 Å². The lowest BCUT2D eigenvalue weighted by Crippen LogP contribution is -2.39. The number of carbonyl (C=O) groups excluding carboxylic acids is 1. The number of nitro benzene ring substituents is 1. The van der Waals surface area contributed by atoms with Crippen LogP contribution in [0.5, 0.6) is 0 Å². The maximum atomic E-state index is 12.3. The molecule has 1 aliphatic rings. The van der Waals surface area contributed by atoms with Gasteiger partial charge in [0.25, 0.3) is 5.69 Å². The Kier molecular flexibility index (Phi) is 5.87. The molecule has 1 amide bonds. The highest BCUT2D eigenvalue weighted by Crippen LogP contribution is 2.27. The molecule has 0 heterocycles. The molecule has 23 heavy (non-hydrogen) atoms. The Bertz CT molecular complexity index is 592. The average molecular weight is 318 g/mol. The van der Waals surface area contributed by atoms with Gasteiger partial charge in [-0.05, 0) is 43.7 Å². The second kappa shape index (κ2) is 7.87. The first-order valence-corrected chi connectivity index (χ1v) is 7.82. The van der Waals surface area contributed by atoms with Gasteiger partial charge in [0.1, 0.15) is 0 Å². The second-order valence-corrected chi connectivity index (χ2v) is 5.96. The third-order valence-electron chi connectivity index (χ3n) is 4.51. The Labute approximate surface area is 135 Å². The Morgan fingerprint density at radius 2 is 2.00 bits per heavy atom. The van der Waals surface area contributed by atoms with E-state index in [2.05, 4.69) is 0 Å². The van der Waals surface area contributed by atoms with Crippen LogP contribution in [0.1, 0.15) is 31.2 Å². The van der Waals surface area contributed by atoms with E-state index in [1.165, 1.54) is 18.2 Å². The quantitative estimate of drug-likeness (QED) is 0.514. The summed E-state index contributed by atoms with van der Waals surface area (Å²) in [7, 11) is 1.76. The van der Waals surface area contributed by atoms with Crippen molar-refractivity contribution < 1.29 is 14.8 Å². The van der Waals surface area contributed by atoms with Crippen LogP contribution >= 0.6 is 0 Å². The van der Waals surface area contributed by atoms with Gasteiger partial charge in [-0.2, -0.15) is 0 Å². The molecule has 124 valence electrons. The first-order valence-electron chi connectivity index (χ1n) is 7.82. The fourth-order valence-corrected chi connectivity index (χ4v) is 2.97. The highest BCUT2D eigenvalue weighted by atomic mass is 16.6. The van der Waals surface area contributed by atoms with Crippen molar-refractivity contribution in [1.82, 2.24) is 4.90 Å². The number of hydrogen-bond donors (Lipinski definition) is 1. The predicted molar refractivity (Wildman–Crippen MR) is 87.7 cm³/mol. The van der Waals surface area contributed by atoms with Crippen LogP contribution in [0, 0.1) is 16.0 Å². The van der Waals surface area contributed by atoms with E-state index in [1.807, 2.05) is 0 Å². The normalized spacial score (nSPS) is 21.3. The predicted octanol–water partition coefficient (Wildman–Crippen LogP) is 2.62. The van der Waals surface area contributed by atoms with Crippen molar-refractivity contribution in [3.05, 3.63) is 46.0 Å². The average Bonchev–Trinajstić information content (AvgIpc) is 2.59. The zero-order valence-electron chi connectivity index (χ0n) is 13.2. The molecule has 1 aromatic carbocycles. The highest BCUT2D eigenvalue weighted by Gasteiger charge is 2.25. The van der Waals surface area contributed by atoms with Gasteiger partial charge in [-0.1, -0.05) is 12.1 Å². The van der Waals surface area contributed by atoms with Crippen molar-refractivity contribution in [1.29, 1.82) is 0 Å². The van der Waals surface area contributed by atoms with Gasteiger partial charge >= 0.3 is 0 Å². The van der Waals surface area contributed by atoms with Gasteiger partial charge in [-0.25, -0.2) is 0 Å². The van der Waals surface area contributed by atoms with Gasteiger partial charge in [0.15, 0.2) is 0 Å². The lowest BCUT2D eigenvalue weighted by atomic mass is 9.86. The summed E-state index contributed by atoms with van der Waals surface area (Å²) in [4.78, 5) is 24.5. The Hall–Kier alpha value is -2.21. The number of aliphatic hydroxyl groups is 1. The molecule has 1 aromatic rings. The monoisotopic (exact) mass is 318 g/mol. The van der Waals surface area contributed by atoms with E-state index in [9.17, 15) is 14.9 Å². The van der Waals surface area contributed by atoms with E-state index >= 15 is 0 Å². The Morgan fingerprint density at radius 3 is 2.61 bits per heavy atom. The lowest BCUT2D eigenvalue weighted by Gasteiger charge is -2.33. The van der Waals surface area contributed by atoms with Crippen LogP contribution in [0.3, 0.4) is 0 Å². The largest absolute Gasteiger partial charge is 0.396 e. The number of aliphatic hydroxyl groups excluding tert-OH is 1. The zero-order valence-corrected chi connectivity index (χ0v) is 13.2. The van der Waals surface area contributed by atoms with Crippen LogP contribution in [-0.4, -0.2) is 40.5 Å². The molecule has 1 saturated carbocycles. The third-order valence-corrected chi connectivity index (χ3v) is 4.51. The molecule has 0 saturated heterocycles. The summed E-state index contributed by atoms with van der Waals surface area (Å²) in [5.74, 6) is 0.188. The molecule has 1 fully saturated rings. The Morgan fingerprint density at radius 1 is 1.35 bits per heavy atom. The van der Waals surface area contributed by atoms with Gasteiger partial charge in [-0.15, -0.1) is 0 Å². The molecular formula is C17H22N2O4. The van der Waals surface area contributed by atoms with Crippen LogP contribution < -0.4 is 0 Å². The van der Waals surface area contributed by atoms with Gasteiger partial charge < -0.3 is 10.0 Å². The zero-order chi connectivity index (χ0) is 16.8. The summed E-state index contributed by atoms with van der Waals surface area (Å²) in [5.41, 5.74) is 0.408. The molecule has 6 nitrogen and oxygen atoms in total. The van der Waals surface area contributed by atoms with Crippen molar-refractivity contribution in [2.75, 3.05) is 13.7 Å². The fraction of sp³-hybridized carbons (Fsp3) is 0.471. The van der Waals surface area contributed by atoms with Crippen LogP contribution in [-0.2, 0) is 4.79 Å². The van der Waals surface area contributed by atoms with Gasteiger partial charge in [0.2, 0.25) is 5.91 Å². The van der Waals surface area contributed by atoms with E-state index in [1.54, 1.807) is 30.1 Å². The Balaban J connectivity index is 2.00. The van der Waals surface area contributed by atoms with E-state index in [-0.39, 0.29) is 24.2 Å². The van der Waals surface area contributed by atoms with Crippen LogP contribution in [0.4, 0.5) is 5.69 Å². The van der Waals surface area contributed by atoms with Gasteiger partial charge in [0.05, 0.1) is 10.5 Å². The molecular weight excluding hydrogens is 296 g/mol. The van der Waals surface area contributed by atoms with Crippen LogP contribution in [0.15, 0.2) is 30.3 Å². The third kappa shape index (κ3) is 4.39. The summed E-state index contributed by atoms with van der Waals surface area (Å²) in [6.07, 6.45) is 6.50. The number of rotatable bonds is 5. The highest BCUT2D eigenvalue weighted by molar-refractivity contribution is 5.92. The maximum Gasteiger partial charge on any atom is 0.276 e. The van der Waals surface area contributed by atoms with Crippen molar-refractivity contribution >= 4 is 17.7 Å². The van der Waals surface area contributed by atoms with Crippen molar-refractivity contribution in [3.8, 4) is 0 Å². The summed E-state index contributed by atoms with van der Waals surface area (Å²) in [6.45, 7) is 0.210. The number of para-hydroxylation sites is 1. The summed E-state index contributed by atoms with van der Waals surface area (Å²) < 4.78 is 0. The topological polar surface area (TPSA) is 83.7 Å². The number of likely N-dealkylation sites (N-methyl/N-ethyl adjacent to an activating group) is 1. The second-order valence-electron chi connectivity index (χ2n) is 5.96. The molecule has 0 unspecified atom stereocenters. The van der Waals surface area contributed by atoms with Crippen LogP contribution in [0.2, 0.25) is 0 Å². The van der Waals surface area contributed by atoms with Gasteiger partial charge in [-0.3, -0.25) is 14.9 Å². The standard InChI is InChI=1S/C17H22N2O4/c1-18(15-9-6-13(12-20)7-10-15)17(21)11-8-14-4-2-3-5-16(14)19(22)23/h2-5,8,11,13,15,20H,6-7,9-10,12H2,1H3/b11-8+. The van der Waals surface area contributed by atoms with E-state index in [0.717, 1.165) is 25.7 Å². The molecule has 0 bridgehead atoms. The molecule has 1 N–H and O–H groups in total. The van der Waals surface area contributed by atoms with E-state index < -0.39 is 4.92 Å². The minimum absolute atomic E-state index is 0.0114. The first kappa shape index (κ1) is 17.1. The molecule has 0 radical (unpaired) electrons.